The molecule has 2 rings (SSSR count). The zero-order valence-corrected chi connectivity index (χ0v) is 9.88. The molecule has 6 heteroatoms. The summed E-state index contributed by atoms with van der Waals surface area (Å²) < 4.78 is 0. The smallest absolute Gasteiger partial charge is 0.135 e. The quantitative estimate of drug-likeness (QED) is 0.777. The number of aliphatic imine (C=N–C) groups is 1. The van der Waals surface area contributed by atoms with Crippen molar-refractivity contribution in [2.45, 2.75) is 6.92 Å². The van der Waals surface area contributed by atoms with Crippen LogP contribution in [0.15, 0.2) is 28.5 Å². The van der Waals surface area contributed by atoms with E-state index in [4.69, 9.17) is 10.7 Å². The van der Waals surface area contributed by atoms with Crippen molar-refractivity contribution < 1.29 is 0 Å². The Hall–Kier alpha value is -2.26. The Morgan fingerprint density at radius 3 is 3.00 bits per heavy atom. The van der Waals surface area contributed by atoms with E-state index in [2.05, 4.69) is 15.3 Å². The van der Waals surface area contributed by atoms with Gasteiger partial charge in [0.15, 0.2) is 0 Å². The lowest BCUT2D eigenvalue weighted by atomic mass is 10.2. The molecule has 0 saturated carbocycles. The average molecular weight is 243 g/mol. The molecule has 17 heavy (non-hydrogen) atoms. The molecular formula is C11H9N5S. The molecule has 0 bridgehead atoms. The van der Waals surface area contributed by atoms with E-state index in [0.717, 1.165) is 16.3 Å². The highest BCUT2D eigenvalue weighted by Crippen LogP contribution is 2.17. The number of hydrogen-bond donors (Lipinski definition) is 2. The van der Waals surface area contributed by atoms with Crippen LogP contribution in [-0.2, 0) is 0 Å². The summed E-state index contributed by atoms with van der Waals surface area (Å²) in [4.78, 5) is 8.46. The van der Waals surface area contributed by atoms with E-state index in [1.807, 2.05) is 12.3 Å². The predicted octanol–water partition coefficient (Wildman–Crippen LogP) is 1.85. The number of nitrogens with one attached hydrogen (secondary N) is 2. The molecular weight excluding hydrogens is 234 g/mol. The van der Waals surface area contributed by atoms with Gasteiger partial charge in [0.1, 0.15) is 17.6 Å². The van der Waals surface area contributed by atoms with E-state index in [0.29, 0.717) is 5.82 Å². The van der Waals surface area contributed by atoms with Crippen molar-refractivity contribution in [3.05, 3.63) is 34.2 Å². The van der Waals surface area contributed by atoms with E-state index < -0.39 is 0 Å². The third-order valence-electron chi connectivity index (χ3n) is 2.03. The first-order valence-electron chi connectivity index (χ1n) is 4.82. The van der Waals surface area contributed by atoms with Gasteiger partial charge in [-0.05, 0) is 6.92 Å². The summed E-state index contributed by atoms with van der Waals surface area (Å²) in [6.07, 6.45) is 4.80. The average Bonchev–Trinajstić information content (AvgIpc) is 2.77. The van der Waals surface area contributed by atoms with Gasteiger partial charge in [-0.25, -0.2) is 9.98 Å². The number of nitrogens with zero attached hydrogens (tertiary/aromatic N) is 3. The Morgan fingerprint density at radius 2 is 2.47 bits per heavy atom. The lowest BCUT2D eigenvalue weighted by molar-refractivity contribution is 1.02. The van der Waals surface area contributed by atoms with Crippen LogP contribution in [0.5, 0.6) is 0 Å². The van der Waals surface area contributed by atoms with Crippen LogP contribution in [0.25, 0.3) is 5.57 Å². The van der Waals surface area contributed by atoms with Gasteiger partial charge in [-0.15, -0.1) is 11.3 Å². The standard InChI is InChI=1S/C11H9N5S/c1-7-16-10(6-17-7)8-4-14-11(15-5-8)2-9(13)3-12/h2,4-6,13-14H,1H3/b11-2+,13-9?. The highest BCUT2D eigenvalue weighted by Gasteiger charge is 2.07. The van der Waals surface area contributed by atoms with Crippen LogP contribution in [0.2, 0.25) is 0 Å². The molecule has 0 spiro atoms. The number of hydrogen-bond acceptors (Lipinski definition) is 6. The molecule has 1 aliphatic rings. The van der Waals surface area contributed by atoms with Gasteiger partial charge in [0.25, 0.3) is 0 Å². The molecule has 0 atom stereocenters. The molecule has 0 fully saturated rings. The summed E-state index contributed by atoms with van der Waals surface area (Å²) in [5.41, 5.74) is 1.62. The Balaban J connectivity index is 2.15. The van der Waals surface area contributed by atoms with Gasteiger partial charge in [0.05, 0.1) is 10.7 Å². The monoisotopic (exact) mass is 243 g/mol. The Morgan fingerprint density at radius 1 is 1.65 bits per heavy atom. The summed E-state index contributed by atoms with van der Waals surface area (Å²) in [5.74, 6) is 0.479. The van der Waals surface area contributed by atoms with Crippen LogP contribution in [0.1, 0.15) is 10.7 Å². The van der Waals surface area contributed by atoms with Crippen molar-refractivity contribution in [3.63, 3.8) is 0 Å². The first-order chi connectivity index (χ1) is 8.19. The molecule has 1 aliphatic heterocycles. The van der Waals surface area contributed by atoms with Crippen LogP contribution in [-0.4, -0.2) is 16.9 Å². The second kappa shape index (κ2) is 4.72. The van der Waals surface area contributed by atoms with Crippen molar-refractivity contribution in [3.8, 4) is 6.07 Å². The maximum absolute atomic E-state index is 8.48. The highest BCUT2D eigenvalue weighted by molar-refractivity contribution is 7.09. The Bertz CT molecular complexity index is 585. The maximum Gasteiger partial charge on any atom is 0.135 e. The van der Waals surface area contributed by atoms with E-state index in [1.54, 1.807) is 29.8 Å². The zero-order valence-electron chi connectivity index (χ0n) is 9.06. The normalized spacial score (nSPS) is 16.2. The first-order valence-corrected chi connectivity index (χ1v) is 5.70. The molecule has 2 N–H and O–H groups in total. The minimum Gasteiger partial charge on any atom is -0.346 e. The zero-order chi connectivity index (χ0) is 12.3. The molecule has 0 radical (unpaired) electrons. The molecule has 2 heterocycles. The van der Waals surface area contributed by atoms with Crippen LogP contribution in [0.4, 0.5) is 0 Å². The molecule has 0 aliphatic carbocycles. The van der Waals surface area contributed by atoms with Gasteiger partial charge in [0.2, 0.25) is 0 Å². The predicted molar refractivity (Wildman–Crippen MR) is 67.9 cm³/mol. The molecule has 0 aromatic carbocycles. The van der Waals surface area contributed by atoms with Crippen LogP contribution in [0.3, 0.4) is 0 Å². The highest BCUT2D eigenvalue weighted by atomic mass is 32.1. The van der Waals surface area contributed by atoms with Gasteiger partial charge >= 0.3 is 0 Å². The largest absolute Gasteiger partial charge is 0.346 e. The molecule has 0 unspecified atom stereocenters. The number of aryl methyl sites for hydroxylation is 1. The summed E-state index contributed by atoms with van der Waals surface area (Å²) in [5, 5.41) is 21.6. The third-order valence-corrected chi connectivity index (χ3v) is 2.81. The molecule has 0 saturated heterocycles. The summed E-state index contributed by atoms with van der Waals surface area (Å²) in [6.45, 7) is 1.95. The van der Waals surface area contributed by atoms with E-state index in [1.165, 1.54) is 6.08 Å². The second-order valence-corrected chi connectivity index (χ2v) is 4.37. The SMILES string of the molecule is Cc1nc(C2=CN/C(=C\C(=N)C#N)N=C2)cs1. The summed E-state index contributed by atoms with van der Waals surface area (Å²) in [6, 6.07) is 1.72. The van der Waals surface area contributed by atoms with Crippen molar-refractivity contribution in [1.82, 2.24) is 10.3 Å². The van der Waals surface area contributed by atoms with Crippen LogP contribution >= 0.6 is 11.3 Å². The number of rotatable bonds is 2. The molecule has 0 amide bonds. The van der Waals surface area contributed by atoms with Crippen molar-refractivity contribution in [2.75, 3.05) is 0 Å². The number of aromatic nitrogens is 1. The minimum atomic E-state index is -0.133. The molecule has 1 aromatic rings. The lowest BCUT2D eigenvalue weighted by Gasteiger charge is -2.08. The lowest BCUT2D eigenvalue weighted by Crippen LogP contribution is -2.11. The van der Waals surface area contributed by atoms with Gasteiger partial charge in [0, 0.05) is 29.4 Å². The van der Waals surface area contributed by atoms with Gasteiger partial charge in [-0.3, -0.25) is 5.41 Å². The van der Waals surface area contributed by atoms with E-state index >= 15 is 0 Å². The fraction of sp³-hybridized carbons (Fsp3) is 0.0909. The van der Waals surface area contributed by atoms with Crippen molar-refractivity contribution in [2.24, 2.45) is 4.99 Å². The van der Waals surface area contributed by atoms with E-state index in [9.17, 15) is 0 Å². The minimum absolute atomic E-state index is 0.133. The first kappa shape index (κ1) is 11.2. The van der Waals surface area contributed by atoms with Gasteiger partial charge in [-0.1, -0.05) is 0 Å². The van der Waals surface area contributed by atoms with Crippen LogP contribution in [0, 0.1) is 23.7 Å². The van der Waals surface area contributed by atoms with Crippen molar-refractivity contribution in [1.29, 1.82) is 10.7 Å². The van der Waals surface area contributed by atoms with Crippen LogP contribution < -0.4 is 5.32 Å². The molecule has 1 aromatic heterocycles. The molecule has 5 nitrogen and oxygen atoms in total. The van der Waals surface area contributed by atoms with Gasteiger partial charge < -0.3 is 5.32 Å². The fourth-order valence-electron chi connectivity index (χ4n) is 1.25. The van der Waals surface area contributed by atoms with Gasteiger partial charge in [-0.2, -0.15) is 5.26 Å². The fourth-order valence-corrected chi connectivity index (χ4v) is 1.87. The third kappa shape index (κ3) is 2.65. The Labute approximate surface area is 102 Å². The summed E-state index contributed by atoms with van der Waals surface area (Å²) in [7, 11) is 0. The number of allylic oxidation sites excluding steroid dienone is 2. The maximum atomic E-state index is 8.48. The van der Waals surface area contributed by atoms with E-state index in [-0.39, 0.29) is 5.71 Å². The number of nitriles is 1. The second-order valence-electron chi connectivity index (χ2n) is 3.31. The van der Waals surface area contributed by atoms with Crippen molar-refractivity contribution >= 4 is 28.8 Å². The summed E-state index contributed by atoms with van der Waals surface area (Å²) >= 11 is 1.58. The number of thiazole rings is 1. The topological polar surface area (TPSA) is 84.9 Å². The molecule has 84 valence electrons. The Kier molecular flexibility index (Phi) is 3.12.